The zero-order valence-electron chi connectivity index (χ0n) is 11.3. The molecular formula is C16H14BrNO3. The molecule has 2 aromatic rings. The van der Waals surface area contributed by atoms with Crippen LogP contribution in [0.1, 0.15) is 12.0 Å². The third kappa shape index (κ3) is 3.55. The van der Waals surface area contributed by atoms with Crippen LogP contribution in [0, 0.1) is 0 Å². The molecule has 0 aliphatic carbocycles. The van der Waals surface area contributed by atoms with Crippen LogP contribution in [0.3, 0.4) is 0 Å². The Labute approximate surface area is 131 Å². The lowest BCUT2D eigenvalue weighted by molar-refractivity contribution is -0.116. The molecule has 0 unspecified atom stereocenters. The SMILES string of the molecule is O=C(CCc1ccc2c(c1)OCO2)Nc1ccc(Br)cc1. The van der Waals surface area contributed by atoms with E-state index < -0.39 is 0 Å². The average molecular weight is 348 g/mol. The van der Waals surface area contributed by atoms with E-state index in [0.717, 1.165) is 27.2 Å². The number of ether oxygens (including phenoxy) is 2. The van der Waals surface area contributed by atoms with Gasteiger partial charge >= 0.3 is 0 Å². The van der Waals surface area contributed by atoms with Crippen LogP contribution in [0.5, 0.6) is 11.5 Å². The minimum atomic E-state index is -0.00464. The van der Waals surface area contributed by atoms with Gasteiger partial charge in [0.05, 0.1) is 0 Å². The van der Waals surface area contributed by atoms with Gasteiger partial charge in [-0.05, 0) is 48.4 Å². The van der Waals surface area contributed by atoms with E-state index in [0.29, 0.717) is 12.8 Å². The number of aryl methyl sites for hydroxylation is 1. The summed E-state index contributed by atoms with van der Waals surface area (Å²) < 4.78 is 11.6. The summed E-state index contributed by atoms with van der Waals surface area (Å²) in [6, 6.07) is 13.3. The summed E-state index contributed by atoms with van der Waals surface area (Å²) in [5, 5.41) is 2.88. The number of hydrogen-bond acceptors (Lipinski definition) is 3. The van der Waals surface area contributed by atoms with E-state index in [-0.39, 0.29) is 12.7 Å². The Bertz CT molecular complexity index is 655. The Hall–Kier alpha value is -2.01. The number of anilines is 1. The van der Waals surface area contributed by atoms with Crippen LogP contribution in [-0.2, 0) is 11.2 Å². The monoisotopic (exact) mass is 347 g/mol. The maximum Gasteiger partial charge on any atom is 0.231 e. The molecule has 1 N–H and O–H groups in total. The summed E-state index contributed by atoms with van der Waals surface area (Å²) in [6.45, 7) is 0.267. The molecule has 1 amide bonds. The van der Waals surface area contributed by atoms with Gasteiger partial charge in [0.1, 0.15) is 0 Å². The molecule has 2 aromatic carbocycles. The second-order valence-corrected chi connectivity index (χ2v) is 5.66. The van der Waals surface area contributed by atoms with Crippen molar-refractivity contribution in [2.75, 3.05) is 12.1 Å². The molecule has 1 aliphatic rings. The zero-order valence-corrected chi connectivity index (χ0v) is 12.9. The van der Waals surface area contributed by atoms with E-state index in [4.69, 9.17) is 9.47 Å². The maximum absolute atomic E-state index is 11.9. The first-order chi connectivity index (χ1) is 10.2. The number of hydrogen-bond donors (Lipinski definition) is 1. The Morgan fingerprint density at radius 3 is 2.67 bits per heavy atom. The first-order valence-electron chi connectivity index (χ1n) is 6.65. The molecular weight excluding hydrogens is 334 g/mol. The summed E-state index contributed by atoms with van der Waals surface area (Å²) in [4.78, 5) is 11.9. The molecule has 4 nitrogen and oxygen atoms in total. The minimum absolute atomic E-state index is 0.00464. The third-order valence-corrected chi connectivity index (χ3v) is 3.73. The lowest BCUT2D eigenvalue weighted by atomic mass is 10.1. The Balaban J connectivity index is 1.55. The summed E-state index contributed by atoms with van der Waals surface area (Å²) in [7, 11) is 0. The predicted molar refractivity (Wildman–Crippen MR) is 83.7 cm³/mol. The zero-order chi connectivity index (χ0) is 14.7. The number of nitrogens with one attached hydrogen (secondary N) is 1. The molecule has 21 heavy (non-hydrogen) atoms. The predicted octanol–water partition coefficient (Wildman–Crippen LogP) is 3.75. The fourth-order valence-corrected chi connectivity index (χ4v) is 2.38. The first kappa shape index (κ1) is 13.9. The summed E-state index contributed by atoms with van der Waals surface area (Å²) in [5.74, 6) is 1.51. The van der Waals surface area contributed by atoms with Crippen LogP contribution in [0.25, 0.3) is 0 Å². The van der Waals surface area contributed by atoms with Gasteiger partial charge in [-0.3, -0.25) is 4.79 Å². The summed E-state index contributed by atoms with van der Waals surface area (Å²) in [6.07, 6.45) is 1.09. The molecule has 3 rings (SSSR count). The normalized spacial score (nSPS) is 12.2. The number of rotatable bonds is 4. The van der Waals surface area contributed by atoms with Crippen molar-refractivity contribution in [2.45, 2.75) is 12.8 Å². The fraction of sp³-hybridized carbons (Fsp3) is 0.188. The van der Waals surface area contributed by atoms with Crippen molar-refractivity contribution in [3.05, 3.63) is 52.5 Å². The second kappa shape index (κ2) is 6.18. The first-order valence-corrected chi connectivity index (χ1v) is 7.44. The molecule has 0 bridgehead atoms. The molecule has 0 saturated carbocycles. The molecule has 0 fully saturated rings. The smallest absolute Gasteiger partial charge is 0.231 e. The van der Waals surface area contributed by atoms with Crippen molar-refractivity contribution in [3.8, 4) is 11.5 Å². The van der Waals surface area contributed by atoms with E-state index in [2.05, 4.69) is 21.2 Å². The number of carbonyl (C=O) groups excluding carboxylic acids is 1. The van der Waals surface area contributed by atoms with E-state index in [1.165, 1.54) is 0 Å². The minimum Gasteiger partial charge on any atom is -0.454 e. The van der Waals surface area contributed by atoms with E-state index >= 15 is 0 Å². The third-order valence-electron chi connectivity index (χ3n) is 3.21. The van der Waals surface area contributed by atoms with Gasteiger partial charge < -0.3 is 14.8 Å². The van der Waals surface area contributed by atoms with Gasteiger partial charge in [-0.25, -0.2) is 0 Å². The molecule has 1 aliphatic heterocycles. The fourth-order valence-electron chi connectivity index (χ4n) is 2.11. The number of halogens is 1. The number of benzene rings is 2. The number of carbonyl (C=O) groups is 1. The van der Waals surface area contributed by atoms with Crippen molar-refractivity contribution in [1.82, 2.24) is 0 Å². The summed E-state index contributed by atoms with van der Waals surface area (Å²) in [5.41, 5.74) is 1.86. The highest BCUT2D eigenvalue weighted by Crippen LogP contribution is 2.32. The van der Waals surface area contributed by atoms with Crippen molar-refractivity contribution in [1.29, 1.82) is 0 Å². The Kier molecular flexibility index (Phi) is 4.10. The van der Waals surface area contributed by atoms with E-state index in [1.807, 2.05) is 42.5 Å². The highest BCUT2D eigenvalue weighted by Gasteiger charge is 2.13. The largest absolute Gasteiger partial charge is 0.454 e. The van der Waals surface area contributed by atoms with Crippen molar-refractivity contribution < 1.29 is 14.3 Å². The molecule has 5 heteroatoms. The highest BCUT2D eigenvalue weighted by atomic mass is 79.9. The Morgan fingerprint density at radius 2 is 1.86 bits per heavy atom. The van der Waals surface area contributed by atoms with Crippen LogP contribution in [0.4, 0.5) is 5.69 Å². The standard InChI is InChI=1S/C16H14BrNO3/c17-12-3-5-13(6-4-12)18-16(19)8-2-11-1-7-14-15(9-11)21-10-20-14/h1,3-7,9H,2,8,10H2,(H,18,19). The average Bonchev–Trinajstić information content (AvgIpc) is 2.95. The van der Waals surface area contributed by atoms with Crippen LogP contribution in [0.2, 0.25) is 0 Å². The van der Waals surface area contributed by atoms with Crippen LogP contribution in [0.15, 0.2) is 46.9 Å². The number of fused-ring (bicyclic) bond motifs is 1. The van der Waals surface area contributed by atoms with Gasteiger partial charge in [0, 0.05) is 16.6 Å². The topological polar surface area (TPSA) is 47.6 Å². The molecule has 108 valence electrons. The van der Waals surface area contributed by atoms with E-state index in [1.54, 1.807) is 0 Å². The molecule has 0 atom stereocenters. The van der Waals surface area contributed by atoms with Crippen molar-refractivity contribution in [2.24, 2.45) is 0 Å². The highest BCUT2D eigenvalue weighted by molar-refractivity contribution is 9.10. The second-order valence-electron chi connectivity index (χ2n) is 4.74. The molecule has 0 saturated heterocycles. The Morgan fingerprint density at radius 1 is 1.10 bits per heavy atom. The molecule has 0 aromatic heterocycles. The maximum atomic E-state index is 11.9. The molecule has 0 radical (unpaired) electrons. The molecule has 1 heterocycles. The van der Waals surface area contributed by atoms with Gasteiger partial charge in [0.2, 0.25) is 12.7 Å². The van der Waals surface area contributed by atoms with Crippen LogP contribution >= 0.6 is 15.9 Å². The van der Waals surface area contributed by atoms with E-state index in [9.17, 15) is 4.79 Å². The summed E-state index contributed by atoms with van der Waals surface area (Å²) >= 11 is 3.36. The van der Waals surface area contributed by atoms with Crippen LogP contribution < -0.4 is 14.8 Å². The number of amides is 1. The van der Waals surface area contributed by atoms with Crippen molar-refractivity contribution in [3.63, 3.8) is 0 Å². The van der Waals surface area contributed by atoms with Gasteiger partial charge in [-0.2, -0.15) is 0 Å². The lowest BCUT2D eigenvalue weighted by Gasteiger charge is -2.06. The van der Waals surface area contributed by atoms with Gasteiger partial charge in [0.15, 0.2) is 11.5 Å². The molecule has 0 spiro atoms. The van der Waals surface area contributed by atoms with Gasteiger partial charge in [-0.1, -0.05) is 22.0 Å². The van der Waals surface area contributed by atoms with Crippen molar-refractivity contribution >= 4 is 27.5 Å². The van der Waals surface area contributed by atoms with Gasteiger partial charge in [-0.15, -0.1) is 0 Å². The van der Waals surface area contributed by atoms with Gasteiger partial charge in [0.25, 0.3) is 0 Å². The lowest BCUT2D eigenvalue weighted by Crippen LogP contribution is -2.12. The quantitative estimate of drug-likeness (QED) is 0.916. The van der Waals surface area contributed by atoms with Crippen LogP contribution in [-0.4, -0.2) is 12.7 Å².